The zero-order valence-corrected chi connectivity index (χ0v) is 26.2. The summed E-state index contributed by atoms with van der Waals surface area (Å²) in [7, 11) is 0. The van der Waals surface area contributed by atoms with E-state index in [1.165, 1.54) is 0 Å². The van der Waals surface area contributed by atoms with Crippen LogP contribution in [0.15, 0.2) is 127 Å². The van der Waals surface area contributed by atoms with Crippen molar-refractivity contribution in [3.05, 3.63) is 107 Å². The van der Waals surface area contributed by atoms with Gasteiger partial charge in [-0.1, -0.05) is 47.5 Å². The molecule has 1 aliphatic heterocycles. The number of rotatable bonds is 4. The van der Waals surface area contributed by atoms with E-state index in [0.717, 1.165) is 11.4 Å². The van der Waals surface area contributed by atoms with Gasteiger partial charge in [-0.05, 0) is 100 Å². The van der Waals surface area contributed by atoms with E-state index in [4.69, 9.17) is 53.4 Å². The summed E-state index contributed by atoms with van der Waals surface area (Å²) >= 11 is 12.1. The molecule has 0 spiro atoms. The maximum Gasteiger partial charge on any atom is 0.126 e. The Bertz CT molecular complexity index is 1630. The van der Waals surface area contributed by atoms with Crippen molar-refractivity contribution in [2.75, 3.05) is 10.9 Å². The largest absolute Gasteiger partial charge is 0.278 e. The first-order chi connectivity index (χ1) is 21.3. The molecule has 4 aromatic rings. The molecule has 5 rings (SSSR count). The maximum absolute atomic E-state index is 6.07. The van der Waals surface area contributed by atoms with Crippen LogP contribution in [0.4, 0.5) is 34.1 Å². The van der Waals surface area contributed by atoms with Crippen LogP contribution < -0.4 is 10.9 Å². The third-order valence-electron chi connectivity index (χ3n) is 6.57. The topological polar surface area (TPSA) is 98.2 Å². The number of nitrogens with zero attached hydrogens (tertiary/aromatic N) is 6. The summed E-state index contributed by atoms with van der Waals surface area (Å²) in [5.41, 5.74) is 14.3. The number of hydrogen-bond acceptors (Lipinski definition) is 8. The van der Waals surface area contributed by atoms with Gasteiger partial charge in [0.05, 0.1) is 57.0 Å². The fourth-order valence-corrected chi connectivity index (χ4v) is 4.63. The quantitative estimate of drug-likeness (QED) is 0.222. The summed E-state index contributed by atoms with van der Waals surface area (Å²) in [6, 6.07) is 30.0. The standard InChI is InChI=1S/C34H30Cl2N8/c1-21-33(43-41-27-17-13-25(35)14-18-27)22(2)38-31-11-7-8-12-32(31)40-24(4)34(44-42-28-19-15-26(36)16-20-28)23(3)39-30-10-6-5-9-29(30)37-21/h5-20,41-42H,1-4H3. The second-order valence-electron chi connectivity index (χ2n) is 9.92. The SMILES string of the molecule is CC1=Nc2ccccc2N=C(C)C(=NNc2ccc(Cl)cc2)C(C)=Nc2ccccc2N=C(C)C1=NNc1ccc(Cl)cc1. The number of hydrogen-bond donors (Lipinski definition) is 2. The van der Waals surface area contributed by atoms with Crippen molar-refractivity contribution < 1.29 is 0 Å². The number of fused-ring (bicyclic) bond motifs is 2. The lowest BCUT2D eigenvalue weighted by atomic mass is 10.1. The lowest BCUT2D eigenvalue weighted by Gasteiger charge is -2.12. The van der Waals surface area contributed by atoms with Crippen molar-refractivity contribution in [1.82, 2.24) is 0 Å². The summed E-state index contributed by atoms with van der Waals surface area (Å²) in [5, 5.41) is 10.7. The Kier molecular flexibility index (Phi) is 9.74. The molecule has 1 heterocycles. The molecule has 0 radical (unpaired) electrons. The van der Waals surface area contributed by atoms with Gasteiger partial charge < -0.3 is 0 Å². The average molecular weight is 622 g/mol. The van der Waals surface area contributed by atoms with Crippen molar-refractivity contribution >= 4 is 91.6 Å². The van der Waals surface area contributed by atoms with E-state index in [2.05, 4.69) is 10.9 Å². The average Bonchev–Trinajstić information content (AvgIpc) is 3.01. The highest BCUT2D eigenvalue weighted by molar-refractivity contribution is 6.69. The number of anilines is 2. The van der Waals surface area contributed by atoms with Crippen LogP contribution >= 0.6 is 23.2 Å². The molecular weight excluding hydrogens is 591 g/mol. The molecule has 220 valence electrons. The molecule has 1 aliphatic rings. The molecule has 0 fully saturated rings. The third-order valence-corrected chi connectivity index (χ3v) is 7.07. The number of benzene rings is 4. The van der Waals surface area contributed by atoms with Crippen molar-refractivity contribution in [3.63, 3.8) is 0 Å². The number of aliphatic imine (C=N–C) groups is 4. The van der Waals surface area contributed by atoms with Crippen LogP contribution in [-0.4, -0.2) is 34.3 Å². The molecule has 0 saturated carbocycles. The van der Waals surface area contributed by atoms with E-state index < -0.39 is 0 Å². The number of halogens is 2. The van der Waals surface area contributed by atoms with E-state index in [-0.39, 0.29) is 0 Å². The fraction of sp³-hybridized carbons (Fsp3) is 0.118. The smallest absolute Gasteiger partial charge is 0.126 e. The van der Waals surface area contributed by atoms with Crippen LogP contribution in [0, 0.1) is 0 Å². The zero-order valence-electron chi connectivity index (χ0n) is 24.7. The Morgan fingerprint density at radius 1 is 0.432 bits per heavy atom. The van der Waals surface area contributed by atoms with E-state index in [9.17, 15) is 0 Å². The van der Waals surface area contributed by atoms with Gasteiger partial charge in [0.15, 0.2) is 0 Å². The van der Waals surface area contributed by atoms with Crippen LogP contribution in [0.3, 0.4) is 0 Å². The molecular formula is C34H30Cl2N8. The monoisotopic (exact) mass is 620 g/mol. The molecule has 0 bridgehead atoms. The molecule has 4 aromatic carbocycles. The molecule has 0 aromatic heterocycles. The highest BCUT2D eigenvalue weighted by Crippen LogP contribution is 2.31. The number of hydrazone groups is 2. The second kappa shape index (κ2) is 14.0. The van der Waals surface area contributed by atoms with E-state index in [1.807, 2.05) is 100 Å². The fourth-order valence-electron chi connectivity index (χ4n) is 4.38. The van der Waals surface area contributed by atoms with Gasteiger partial charge in [0.25, 0.3) is 0 Å². The first-order valence-corrected chi connectivity index (χ1v) is 14.6. The zero-order chi connectivity index (χ0) is 31.1. The molecule has 0 amide bonds. The minimum absolute atomic E-state index is 0.581. The maximum atomic E-state index is 6.07. The van der Waals surface area contributed by atoms with Crippen LogP contribution in [0.1, 0.15) is 27.7 Å². The van der Waals surface area contributed by atoms with Gasteiger partial charge in [0, 0.05) is 10.0 Å². The highest BCUT2D eigenvalue weighted by atomic mass is 35.5. The van der Waals surface area contributed by atoms with Gasteiger partial charge in [-0.25, -0.2) is 20.0 Å². The van der Waals surface area contributed by atoms with Gasteiger partial charge in [-0.15, -0.1) is 0 Å². The van der Waals surface area contributed by atoms with Crippen molar-refractivity contribution in [3.8, 4) is 0 Å². The Morgan fingerprint density at radius 2 is 0.705 bits per heavy atom. The Labute approximate surface area is 266 Å². The summed E-state index contributed by atoms with van der Waals surface area (Å²) in [6.45, 7) is 7.60. The minimum Gasteiger partial charge on any atom is -0.278 e. The normalized spacial score (nSPS) is 13.7. The van der Waals surface area contributed by atoms with Gasteiger partial charge in [-0.3, -0.25) is 10.9 Å². The molecule has 8 nitrogen and oxygen atoms in total. The summed E-state index contributed by atoms with van der Waals surface area (Å²) < 4.78 is 0. The Morgan fingerprint density at radius 3 is 0.977 bits per heavy atom. The lowest BCUT2D eigenvalue weighted by molar-refractivity contribution is 1.34. The van der Waals surface area contributed by atoms with Gasteiger partial charge in [0.1, 0.15) is 11.4 Å². The van der Waals surface area contributed by atoms with Crippen LogP contribution in [0.5, 0.6) is 0 Å². The molecule has 44 heavy (non-hydrogen) atoms. The van der Waals surface area contributed by atoms with Crippen molar-refractivity contribution in [2.24, 2.45) is 30.2 Å². The molecule has 0 atom stereocenters. The first kappa shape index (κ1) is 30.5. The summed E-state index contributed by atoms with van der Waals surface area (Å²) in [5.74, 6) is 0. The second-order valence-corrected chi connectivity index (χ2v) is 10.8. The summed E-state index contributed by atoms with van der Waals surface area (Å²) in [6.07, 6.45) is 0. The van der Waals surface area contributed by atoms with Crippen LogP contribution in [0.25, 0.3) is 0 Å². The minimum atomic E-state index is 0.581. The Hall–Kier alpha value is -4.92. The number of para-hydroxylation sites is 4. The lowest BCUT2D eigenvalue weighted by Crippen LogP contribution is -2.22. The Balaban J connectivity index is 1.67. The number of nitrogens with one attached hydrogen (secondary N) is 2. The van der Waals surface area contributed by atoms with E-state index in [0.29, 0.717) is 67.1 Å². The molecule has 0 unspecified atom stereocenters. The molecule has 2 N–H and O–H groups in total. The first-order valence-electron chi connectivity index (χ1n) is 13.9. The van der Waals surface area contributed by atoms with E-state index >= 15 is 0 Å². The van der Waals surface area contributed by atoms with Crippen LogP contribution in [-0.2, 0) is 0 Å². The van der Waals surface area contributed by atoms with Crippen LogP contribution in [0.2, 0.25) is 10.0 Å². The predicted molar refractivity (Wildman–Crippen MR) is 189 cm³/mol. The van der Waals surface area contributed by atoms with Crippen molar-refractivity contribution in [1.29, 1.82) is 0 Å². The third kappa shape index (κ3) is 7.72. The van der Waals surface area contributed by atoms with Crippen molar-refractivity contribution in [2.45, 2.75) is 27.7 Å². The summed E-state index contributed by atoms with van der Waals surface area (Å²) in [4.78, 5) is 19.8. The van der Waals surface area contributed by atoms with Gasteiger partial charge in [0.2, 0.25) is 0 Å². The van der Waals surface area contributed by atoms with E-state index in [1.54, 1.807) is 24.3 Å². The molecule has 0 aliphatic carbocycles. The van der Waals surface area contributed by atoms with Gasteiger partial charge >= 0.3 is 0 Å². The predicted octanol–water partition coefficient (Wildman–Crippen LogP) is 10.0. The van der Waals surface area contributed by atoms with Gasteiger partial charge in [-0.2, -0.15) is 10.2 Å². The highest BCUT2D eigenvalue weighted by Gasteiger charge is 2.16. The molecule has 10 heteroatoms. The molecule has 0 saturated heterocycles.